The van der Waals surface area contributed by atoms with Crippen molar-refractivity contribution in [2.45, 2.75) is 6.54 Å². The molecule has 1 N–H and O–H groups in total. The van der Waals surface area contributed by atoms with Crippen LogP contribution in [0, 0.1) is 0 Å². The van der Waals surface area contributed by atoms with E-state index < -0.39 is 18.4 Å². The summed E-state index contributed by atoms with van der Waals surface area (Å²) in [7, 11) is 1.67. The first-order valence-electron chi connectivity index (χ1n) is 8.05. The molecule has 3 aromatic rings. The van der Waals surface area contributed by atoms with Crippen molar-refractivity contribution >= 4 is 11.9 Å². The Kier molecular flexibility index (Phi) is 5.07. The summed E-state index contributed by atoms with van der Waals surface area (Å²) in [6.07, 6.45) is 1.61. The number of carbonyl (C=O) groups is 2. The highest BCUT2D eigenvalue weighted by atomic mass is 16.4. The second-order valence-electron chi connectivity index (χ2n) is 5.78. The van der Waals surface area contributed by atoms with E-state index in [1.54, 1.807) is 37.5 Å². The Bertz CT molecular complexity index is 907. The monoisotopic (exact) mass is 350 g/mol. The molecule has 1 amide bonds. The van der Waals surface area contributed by atoms with E-state index in [2.05, 4.69) is 10.1 Å². The summed E-state index contributed by atoms with van der Waals surface area (Å²) in [6.45, 7) is -0.306. The summed E-state index contributed by atoms with van der Waals surface area (Å²) < 4.78 is 1.47. The van der Waals surface area contributed by atoms with Gasteiger partial charge in [-0.3, -0.25) is 19.3 Å². The molecule has 0 saturated heterocycles. The maximum atomic E-state index is 12.9. The number of pyridine rings is 1. The van der Waals surface area contributed by atoms with E-state index in [-0.39, 0.29) is 6.54 Å². The molecule has 0 spiro atoms. The van der Waals surface area contributed by atoms with Gasteiger partial charge in [-0.2, -0.15) is 5.10 Å². The van der Waals surface area contributed by atoms with E-state index in [0.29, 0.717) is 17.1 Å². The number of aliphatic carboxylic acids is 1. The first kappa shape index (κ1) is 17.3. The van der Waals surface area contributed by atoms with Crippen LogP contribution >= 0.6 is 0 Å². The molecular weight excluding hydrogens is 332 g/mol. The van der Waals surface area contributed by atoms with Gasteiger partial charge in [0.15, 0.2) is 0 Å². The molecule has 0 aliphatic rings. The normalized spacial score (nSPS) is 10.5. The predicted molar refractivity (Wildman–Crippen MR) is 95.3 cm³/mol. The minimum Gasteiger partial charge on any atom is -0.480 e. The molecule has 7 nitrogen and oxygen atoms in total. The predicted octanol–water partition coefficient (Wildman–Crippen LogP) is 2.21. The van der Waals surface area contributed by atoms with Gasteiger partial charge < -0.3 is 10.0 Å². The zero-order valence-electron chi connectivity index (χ0n) is 14.2. The van der Waals surface area contributed by atoms with Gasteiger partial charge in [0.2, 0.25) is 0 Å². The fraction of sp³-hybridized carbons (Fsp3) is 0.158. The number of aryl methyl sites for hydroxylation is 1. The van der Waals surface area contributed by atoms with Crippen LogP contribution in [0.4, 0.5) is 0 Å². The molecule has 2 aromatic heterocycles. The number of carbonyl (C=O) groups excluding carboxylic acids is 1. The van der Waals surface area contributed by atoms with Crippen LogP contribution in [0.15, 0.2) is 60.8 Å². The zero-order chi connectivity index (χ0) is 18.5. The number of amides is 1. The van der Waals surface area contributed by atoms with Gasteiger partial charge in [-0.05, 0) is 18.2 Å². The molecule has 0 radical (unpaired) electrons. The van der Waals surface area contributed by atoms with E-state index in [1.165, 1.54) is 9.58 Å². The molecule has 0 aliphatic heterocycles. The van der Waals surface area contributed by atoms with Crippen LogP contribution in [0.2, 0.25) is 0 Å². The van der Waals surface area contributed by atoms with E-state index >= 15 is 0 Å². The van der Waals surface area contributed by atoms with Gasteiger partial charge in [-0.1, -0.05) is 36.4 Å². The number of hydrogen-bond acceptors (Lipinski definition) is 4. The second-order valence-corrected chi connectivity index (χ2v) is 5.78. The number of benzene rings is 1. The van der Waals surface area contributed by atoms with Gasteiger partial charge in [0.1, 0.15) is 12.2 Å². The van der Waals surface area contributed by atoms with Crippen LogP contribution in [-0.4, -0.2) is 43.2 Å². The highest BCUT2D eigenvalue weighted by Crippen LogP contribution is 2.19. The minimum absolute atomic E-state index is 0.109. The van der Waals surface area contributed by atoms with Crippen LogP contribution in [-0.2, 0) is 18.4 Å². The topological polar surface area (TPSA) is 88.3 Å². The maximum Gasteiger partial charge on any atom is 0.323 e. The number of hydrogen-bond donors (Lipinski definition) is 1. The second kappa shape index (κ2) is 7.60. The summed E-state index contributed by atoms with van der Waals surface area (Å²) in [5, 5.41) is 13.6. The van der Waals surface area contributed by atoms with Crippen LogP contribution < -0.4 is 0 Å². The van der Waals surface area contributed by atoms with Crippen molar-refractivity contribution in [3.8, 4) is 11.3 Å². The molecule has 132 valence electrons. The fourth-order valence-electron chi connectivity index (χ4n) is 2.63. The van der Waals surface area contributed by atoms with Gasteiger partial charge in [-0.15, -0.1) is 0 Å². The number of carboxylic acid groups (broad SMARTS) is 1. The lowest BCUT2D eigenvalue weighted by Crippen LogP contribution is -2.36. The number of rotatable bonds is 6. The van der Waals surface area contributed by atoms with Gasteiger partial charge in [0, 0.05) is 18.8 Å². The number of carboxylic acids is 1. The van der Waals surface area contributed by atoms with Crippen molar-refractivity contribution < 1.29 is 14.7 Å². The average molecular weight is 350 g/mol. The maximum absolute atomic E-state index is 12.9. The summed E-state index contributed by atoms with van der Waals surface area (Å²) in [6, 6.07) is 16.5. The summed E-state index contributed by atoms with van der Waals surface area (Å²) in [5.74, 6) is -1.49. The zero-order valence-corrected chi connectivity index (χ0v) is 14.2. The van der Waals surface area contributed by atoms with Crippen LogP contribution in [0.5, 0.6) is 0 Å². The third kappa shape index (κ3) is 3.94. The highest BCUT2D eigenvalue weighted by Gasteiger charge is 2.23. The molecule has 0 aliphatic carbocycles. The molecule has 0 unspecified atom stereocenters. The Morgan fingerprint density at radius 3 is 2.50 bits per heavy atom. The van der Waals surface area contributed by atoms with Crippen LogP contribution in [0.3, 0.4) is 0 Å². The lowest BCUT2D eigenvalue weighted by atomic mass is 10.1. The van der Waals surface area contributed by atoms with Crippen molar-refractivity contribution in [2.75, 3.05) is 6.54 Å². The van der Waals surface area contributed by atoms with E-state index in [4.69, 9.17) is 0 Å². The van der Waals surface area contributed by atoms with Gasteiger partial charge in [0.05, 0.1) is 17.9 Å². The average Bonchev–Trinajstić information content (AvgIpc) is 3.03. The van der Waals surface area contributed by atoms with Crippen LogP contribution in [0.25, 0.3) is 11.3 Å². The van der Waals surface area contributed by atoms with E-state index in [0.717, 1.165) is 5.56 Å². The quantitative estimate of drug-likeness (QED) is 0.736. The largest absolute Gasteiger partial charge is 0.480 e. The Hall–Kier alpha value is -3.48. The first-order valence-corrected chi connectivity index (χ1v) is 8.05. The van der Waals surface area contributed by atoms with Crippen molar-refractivity contribution in [1.82, 2.24) is 19.7 Å². The first-order chi connectivity index (χ1) is 12.5. The lowest BCUT2D eigenvalue weighted by molar-refractivity contribution is -0.137. The Labute approximate surface area is 150 Å². The molecule has 2 heterocycles. The molecular formula is C19H18N4O3. The summed E-state index contributed by atoms with van der Waals surface area (Å²) in [4.78, 5) is 29.5. The van der Waals surface area contributed by atoms with Crippen LogP contribution in [0.1, 0.15) is 16.2 Å². The molecule has 0 bridgehead atoms. The summed E-state index contributed by atoms with van der Waals surface area (Å²) in [5.41, 5.74) is 2.48. The summed E-state index contributed by atoms with van der Waals surface area (Å²) >= 11 is 0. The van der Waals surface area contributed by atoms with Crippen molar-refractivity contribution in [3.63, 3.8) is 0 Å². The van der Waals surface area contributed by atoms with E-state index in [1.807, 2.05) is 30.3 Å². The SMILES string of the molecule is Cn1nc(-c2ccccc2)cc1C(=O)N(CC(=O)O)Cc1ccccn1. The molecule has 1 aromatic carbocycles. The lowest BCUT2D eigenvalue weighted by Gasteiger charge is -2.20. The van der Waals surface area contributed by atoms with Gasteiger partial charge in [0.25, 0.3) is 5.91 Å². The Morgan fingerprint density at radius 1 is 1.12 bits per heavy atom. The highest BCUT2D eigenvalue weighted by molar-refractivity contribution is 5.95. The molecule has 0 fully saturated rings. The van der Waals surface area contributed by atoms with E-state index in [9.17, 15) is 14.7 Å². The number of aromatic nitrogens is 3. The standard InChI is InChI=1S/C19H18N4O3/c1-22-17(11-16(21-22)14-7-3-2-4-8-14)19(26)23(13-18(24)25)12-15-9-5-6-10-20-15/h2-11H,12-13H2,1H3,(H,24,25). The molecule has 0 atom stereocenters. The fourth-order valence-corrected chi connectivity index (χ4v) is 2.63. The molecule has 26 heavy (non-hydrogen) atoms. The minimum atomic E-state index is -1.08. The Balaban J connectivity index is 1.89. The number of nitrogens with zero attached hydrogens (tertiary/aromatic N) is 4. The van der Waals surface area contributed by atoms with Crippen molar-refractivity contribution in [1.29, 1.82) is 0 Å². The molecule has 7 heteroatoms. The van der Waals surface area contributed by atoms with Crippen molar-refractivity contribution in [2.24, 2.45) is 7.05 Å². The smallest absolute Gasteiger partial charge is 0.323 e. The van der Waals surface area contributed by atoms with Gasteiger partial charge in [-0.25, -0.2) is 0 Å². The Morgan fingerprint density at radius 2 is 1.85 bits per heavy atom. The molecule has 3 rings (SSSR count). The van der Waals surface area contributed by atoms with Gasteiger partial charge >= 0.3 is 5.97 Å². The third-order valence-corrected chi connectivity index (χ3v) is 3.86. The third-order valence-electron chi connectivity index (χ3n) is 3.86. The van der Waals surface area contributed by atoms with Crippen molar-refractivity contribution in [3.05, 3.63) is 72.2 Å². The molecule has 0 saturated carbocycles.